The van der Waals surface area contributed by atoms with Gasteiger partial charge in [-0.05, 0) is 18.4 Å². The first-order valence-electron chi connectivity index (χ1n) is 4.76. The Morgan fingerprint density at radius 1 is 1.50 bits per heavy atom. The van der Waals surface area contributed by atoms with Crippen LogP contribution < -0.4 is 0 Å². The highest BCUT2D eigenvalue weighted by Crippen LogP contribution is 2.19. The monoisotopic (exact) mass is 230 g/mol. The van der Waals surface area contributed by atoms with E-state index in [1.54, 1.807) is 18.1 Å². The molecule has 2 nitrogen and oxygen atoms in total. The number of thioether (sulfide) groups is 1. The lowest BCUT2D eigenvalue weighted by atomic mass is 10.3. The Balaban J connectivity index is 2.50. The molecule has 0 aliphatic carbocycles. The minimum absolute atomic E-state index is 0.529. The molecule has 0 radical (unpaired) electrons. The van der Waals surface area contributed by atoms with Crippen molar-refractivity contribution in [3.8, 4) is 0 Å². The molecule has 1 aromatic heterocycles. The summed E-state index contributed by atoms with van der Waals surface area (Å²) in [5.74, 6) is 2.25. The molecule has 0 saturated heterocycles. The number of rotatable bonds is 5. The van der Waals surface area contributed by atoms with Crippen LogP contribution in [0.4, 0.5) is 0 Å². The Bertz CT molecular complexity index is 281. The highest BCUT2D eigenvalue weighted by Gasteiger charge is 2.03. The summed E-state index contributed by atoms with van der Waals surface area (Å²) in [6.45, 7) is 4.24. The van der Waals surface area contributed by atoms with Gasteiger partial charge in [0, 0.05) is 17.3 Å². The quantitative estimate of drug-likeness (QED) is 0.442. The Hall–Kier alpha value is -0.280. The van der Waals surface area contributed by atoms with Crippen molar-refractivity contribution in [1.29, 1.82) is 0 Å². The molecule has 4 heteroatoms. The van der Waals surface area contributed by atoms with Crippen molar-refractivity contribution >= 4 is 23.4 Å². The van der Waals surface area contributed by atoms with E-state index >= 15 is 0 Å². The summed E-state index contributed by atoms with van der Waals surface area (Å²) in [6, 6.07) is 2.05. The highest BCUT2D eigenvalue weighted by molar-refractivity contribution is 7.99. The number of halogens is 1. The third kappa shape index (κ3) is 3.84. The summed E-state index contributed by atoms with van der Waals surface area (Å²) in [6.07, 6.45) is 2.59. The molecule has 0 amide bonds. The van der Waals surface area contributed by atoms with Crippen molar-refractivity contribution in [2.24, 2.45) is 5.92 Å². The number of hydrogen-bond acceptors (Lipinski definition) is 3. The first-order chi connectivity index (χ1) is 6.76. The number of alkyl halides is 1. The zero-order chi connectivity index (χ0) is 10.4. The number of aryl methyl sites for hydroxylation is 1. The van der Waals surface area contributed by atoms with Gasteiger partial charge in [-0.1, -0.05) is 13.8 Å². The molecule has 1 rings (SSSR count). The van der Waals surface area contributed by atoms with Gasteiger partial charge < -0.3 is 0 Å². The molecule has 0 bridgehead atoms. The van der Waals surface area contributed by atoms with Crippen LogP contribution >= 0.6 is 23.4 Å². The van der Waals surface area contributed by atoms with Crippen LogP contribution in [0.3, 0.4) is 0 Å². The van der Waals surface area contributed by atoms with Crippen LogP contribution in [-0.2, 0) is 6.42 Å². The van der Waals surface area contributed by atoms with E-state index in [0.717, 1.165) is 22.9 Å². The van der Waals surface area contributed by atoms with E-state index in [0.29, 0.717) is 11.8 Å². The van der Waals surface area contributed by atoms with E-state index in [9.17, 15) is 0 Å². The Labute approximate surface area is 94.5 Å². The number of hydrogen-bond donors (Lipinski definition) is 0. The molecule has 0 spiro atoms. The van der Waals surface area contributed by atoms with E-state index < -0.39 is 0 Å². The van der Waals surface area contributed by atoms with E-state index in [1.807, 2.05) is 6.07 Å². The van der Waals surface area contributed by atoms with Crippen LogP contribution in [0.1, 0.15) is 19.5 Å². The van der Waals surface area contributed by atoms with Crippen molar-refractivity contribution in [2.45, 2.75) is 25.3 Å². The van der Waals surface area contributed by atoms with Crippen LogP contribution in [0.25, 0.3) is 0 Å². The van der Waals surface area contributed by atoms with Gasteiger partial charge in [-0.25, -0.2) is 9.97 Å². The third-order valence-corrected chi connectivity index (χ3v) is 3.62. The zero-order valence-electron chi connectivity index (χ0n) is 8.53. The number of nitrogens with zero attached hydrogens (tertiary/aromatic N) is 2. The first-order valence-corrected chi connectivity index (χ1v) is 6.28. The molecule has 1 heterocycles. The van der Waals surface area contributed by atoms with Gasteiger partial charge >= 0.3 is 0 Å². The summed E-state index contributed by atoms with van der Waals surface area (Å²) in [5.41, 5.74) is 1.10. The van der Waals surface area contributed by atoms with Crippen molar-refractivity contribution < 1.29 is 0 Å². The average molecular weight is 231 g/mol. The van der Waals surface area contributed by atoms with Crippen LogP contribution in [-0.4, -0.2) is 21.6 Å². The smallest absolute Gasteiger partial charge is 0.116 e. The van der Waals surface area contributed by atoms with Crippen LogP contribution in [0.5, 0.6) is 0 Å². The van der Waals surface area contributed by atoms with Gasteiger partial charge in [0.1, 0.15) is 6.33 Å². The maximum Gasteiger partial charge on any atom is 0.116 e. The van der Waals surface area contributed by atoms with Gasteiger partial charge in [0.25, 0.3) is 0 Å². The second kappa shape index (κ2) is 6.25. The van der Waals surface area contributed by atoms with Crippen molar-refractivity contribution in [3.63, 3.8) is 0 Å². The van der Waals surface area contributed by atoms with E-state index in [1.165, 1.54) is 0 Å². The molecule has 1 atom stereocenters. The fourth-order valence-corrected chi connectivity index (χ4v) is 2.07. The molecule has 0 aliphatic heterocycles. The van der Waals surface area contributed by atoms with Crippen molar-refractivity contribution in [3.05, 3.63) is 18.1 Å². The summed E-state index contributed by atoms with van der Waals surface area (Å²) in [7, 11) is 0. The second-order valence-corrected chi connectivity index (χ2v) is 4.62. The molecule has 0 aromatic carbocycles. The molecule has 14 heavy (non-hydrogen) atoms. The van der Waals surface area contributed by atoms with E-state index in [-0.39, 0.29) is 0 Å². The SMILES string of the molecule is CCc1cc(SCC(C)CCl)ncn1. The summed E-state index contributed by atoms with van der Waals surface area (Å²) in [4.78, 5) is 8.36. The number of aromatic nitrogens is 2. The molecule has 78 valence electrons. The van der Waals surface area contributed by atoms with Gasteiger partial charge in [0.2, 0.25) is 0 Å². The van der Waals surface area contributed by atoms with Gasteiger partial charge in [0.15, 0.2) is 0 Å². The van der Waals surface area contributed by atoms with Gasteiger partial charge in [-0.2, -0.15) is 0 Å². The van der Waals surface area contributed by atoms with Crippen molar-refractivity contribution in [2.75, 3.05) is 11.6 Å². The lowest BCUT2D eigenvalue weighted by Gasteiger charge is -2.06. The molecule has 0 N–H and O–H groups in total. The lowest BCUT2D eigenvalue weighted by molar-refractivity contribution is 0.757. The molecule has 1 unspecified atom stereocenters. The molecule has 0 aliphatic rings. The van der Waals surface area contributed by atoms with Crippen LogP contribution in [0, 0.1) is 5.92 Å². The largest absolute Gasteiger partial charge is 0.241 e. The third-order valence-electron chi connectivity index (χ3n) is 1.84. The van der Waals surface area contributed by atoms with Gasteiger partial charge in [0.05, 0.1) is 5.03 Å². The maximum absolute atomic E-state index is 5.73. The highest BCUT2D eigenvalue weighted by atomic mass is 35.5. The van der Waals surface area contributed by atoms with E-state index in [2.05, 4.69) is 23.8 Å². The van der Waals surface area contributed by atoms with Gasteiger partial charge in [-0.15, -0.1) is 23.4 Å². The molecule has 0 fully saturated rings. The van der Waals surface area contributed by atoms with Crippen LogP contribution in [0.15, 0.2) is 17.4 Å². The Morgan fingerprint density at radius 3 is 2.93 bits per heavy atom. The zero-order valence-corrected chi connectivity index (χ0v) is 10.1. The van der Waals surface area contributed by atoms with Crippen LogP contribution in [0.2, 0.25) is 0 Å². The molecular formula is C10H15ClN2S. The summed E-state index contributed by atoms with van der Waals surface area (Å²) >= 11 is 7.48. The second-order valence-electron chi connectivity index (χ2n) is 3.27. The summed E-state index contributed by atoms with van der Waals surface area (Å²) < 4.78 is 0. The fraction of sp³-hybridized carbons (Fsp3) is 0.600. The predicted molar refractivity (Wildman–Crippen MR) is 62.0 cm³/mol. The topological polar surface area (TPSA) is 25.8 Å². The molecule has 0 saturated carbocycles. The normalized spacial score (nSPS) is 12.8. The Morgan fingerprint density at radius 2 is 2.29 bits per heavy atom. The Kier molecular flexibility index (Phi) is 5.26. The van der Waals surface area contributed by atoms with Crippen molar-refractivity contribution in [1.82, 2.24) is 9.97 Å². The van der Waals surface area contributed by atoms with E-state index in [4.69, 9.17) is 11.6 Å². The first kappa shape index (κ1) is 11.8. The van der Waals surface area contributed by atoms with Gasteiger partial charge in [-0.3, -0.25) is 0 Å². The average Bonchev–Trinajstić information content (AvgIpc) is 2.26. The minimum Gasteiger partial charge on any atom is -0.241 e. The fourth-order valence-electron chi connectivity index (χ4n) is 0.921. The lowest BCUT2D eigenvalue weighted by Crippen LogP contribution is -2.00. The predicted octanol–water partition coefficient (Wildman–Crippen LogP) is 3.01. The molecule has 1 aromatic rings. The maximum atomic E-state index is 5.73. The summed E-state index contributed by atoms with van der Waals surface area (Å²) in [5, 5.41) is 1.05. The molecular weight excluding hydrogens is 216 g/mol. The standard InChI is InChI=1S/C10H15ClN2S/c1-3-9-4-10(13-7-12-9)14-6-8(2)5-11/h4,7-8H,3,5-6H2,1-2H3. The minimum atomic E-state index is 0.529.